The van der Waals surface area contributed by atoms with Crippen molar-refractivity contribution in [1.82, 2.24) is 5.32 Å². The van der Waals surface area contributed by atoms with Gasteiger partial charge in [-0.15, -0.1) is 0 Å². The van der Waals surface area contributed by atoms with E-state index in [1.165, 1.54) is 30.7 Å². The largest absolute Gasteiger partial charge is 0.472 e. The molecule has 0 unspecified atom stereocenters. The summed E-state index contributed by atoms with van der Waals surface area (Å²) in [4.78, 5) is 23.9. The van der Waals surface area contributed by atoms with Gasteiger partial charge in [0.1, 0.15) is 12.3 Å². The number of carbonyl (C=O) groups excluding carboxylic acids is 2. The van der Waals surface area contributed by atoms with E-state index in [4.69, 9.17) is 4.42 Å². The zero-order valence-electron chi connectivity index (χ0n) is 13.1. The van der Waals surface area contributed by atoms with Gasteiger partial charge in [0.2, 0.25) is 15.9 Å². The van der Waals surface area contributed by atoms with E-state index in [2.05, 4.69) is 15.4 Å². The molecule has 2 amide bonds. The van der Waals surface area contributed by atoms with E-state index >= 15 is 0 Å². The maximum Gasteiger partial charge on any atom is 0.255 e. The third kappa shape index (κ3) is 5.13. The molecule has 0 aliphatic carbocycles. The maximum atomic E-state index is 12.1. The van der Waals surface area contributed by atoms with Crippen LogP contribution in [0.3, 0.4) is 0 Å². The molecule has 0 aliphatic heterocycles. The van der Waals surface area contributed by atoms with Crippen LogP contribution in [-0.4, -0.2) is 32.5 Å². The summed E-state index contributed by atoms with van der Waals surface area (Å²) in [5.41, 5.74) is 1.19. The number of anilines is 2. The predicted octanol–water partition coefficient (Wildman–Crippen LogP) is 1.41. The Balaban J connectivity index is 1.92. The van der Waals surface area contributed by atoms with Crippen LogP contribution in [0.15, 0.2) is 47.3 Å². The van der Waals surface area contributed by atoms with Crippen LogP contribution in [0.25, 0.3) is 0 Å². The third-order valence-electron chi connectivity index (χ3n) is 2.98. The van der Waals surface area contributed by atoms with Crippen molar-refractivity contribution in [2.75, 3.05) is 16.3 Å². The summed E-state index contributed by atoms with van der Waals surface area (Å²) in [5.74, 6) is -0.824. The molecule has 0 saturated heterocycles. The summed E-state index contributed by atoms with van der Waals surface area (Å²) in [5, 5.41) is 5.17. The van der Waals surface area contributed by atoms with E-state index < -0.39 is 27.9 Å². The average molecular weight is 351 g/mol. The molecule has 1 aromatic heterocycles. The van der Waals surface area contributed by atoms with Crippen LogP contribution in [-0.2, 0) is 14.8 Å². The molecule has 8 nitrogen and oxygen atoms in total. The van der Waals surface area contributed by atoms with Gasteiger partial charge in [0.25, 0.3) is 5.91 Å². The highest BCUT2D eigenvalue weighted by molar-refractivity contribution is 7.92. The number of nitrogens with one attached hydrogen (secondary N) is 3. The fraction of sp³-hybridized carbons (Fsp3) is 0.200. The topological polar surface area (TPSA) is 118 Å². The Bertz CT molecular complexity index is 813. The number of furan rings is 1. The highest BCUT2D eigenvalue weighted by Gasteiger charge is 2.17. The van der Waals surface area contributed by atoms with E-state index in [0.29, 0.717) is 16.9 Å². The summed E-state index contributed by atoms with van der Waals surface area (Å²) in [6, 6.07) is 6.87. The molecule has 0 aliphatic rings. The minimum absolute atomic E-state index is 0.325. The van der Waals surface area contributed by atoms with Gasteiger partial charge in [-0.3, -0.25) is 14.3 Å². The van der Waals surface area contributed by atoms with Gasteiger partial charge in [-0.1, -0.05) is 0 Å². The summed E-state index contributed by atoms with van der Waals surface area (Å²) in [6.07, 6.45) is 3.70. The first kappa shape index (κ1) is 17.5. The molecule has 2 aromatic rings. The van der Waals surface area contributed by atoms with E-state index in [1.807, 2.05) is 0 Å². The minimum atomic E-state index is -3.35. The Hall–Kier alpha value is -2.81. The molecule has 128 valence electrons. The predicted molar refractivity (Wildman–Crippen MR) is 89.2 cm³/mol. The fourth-order valence-corrected chi connectivity index (χ4v) is 2.39. The van der Waals surface area contributed by atoms with Crippen molar-refractivity contribution in [3.63, 3.8) is 0 Å². The van der Waals surface area contributed by atoms with Crippen molar-refractivity contribution in [2.45, 2.75) is 13.0 Å². The molecule has 1 atom stereocenters. The summed E-state index contributed by atoms with van der Waals surface area (Å²) >= 11 is 0. The Labute approximate surface area is 139 Å². The summed E-state index contributed by atoms with van der Waals surface area (Å²) < 4.78 is 29.4. The number of hydrogen-bond acceptors (Lipinski definition) is 5. The van der Waals surface area contributed by atoms with E-state index in [1.54, 1.807) is 19.1 Å². The van der Waals surface area contributed by atoms with Crippen molar-refractivity contribution < 1.29 is 22.4 Å². The van der Waals surface area contributed by atoms with Crippen LogP contribution in [0.1, 0.15) is 17.3 Å². The molecule has 2 rings (SSSR count). The number of amides is 2. The lowest BCUT2D eigenvalue weighted by Crippen LogP contribution is -2.41. The average Bonchev–Trinajstić information content (AvgIpc) is 3.02. The molecule has 0 fully saturated rings. The Kier molecular flexibility index (Phi) is 5.24. The number of benzene rings is 1. The van der Waals surface area contributed by atoms with Crippen LogP contribution >= 0.6 is 0 Å². The molecule has 0 spiro atoms. The van der Waals surface area contributed by atoms with Crippen molar-refractivity contribution in [3.8, 4) is 0 Å². The lowest BCUT2D eigenvalue weighted by molar-refractivity contribution is -0.117. The Morgan fingerprint density at radius 1 is 1.08 bits per heavy atom. The standard InChI is InChI=1S/C15H17N3O5S/c1-10(16-15(20)11-7-8-23-9-11)14(19)17-12-3-5-13(6-4-12)18-24(2,21)22/h3-10,18H,1-2H3,(H,16,20)(H,17,19)/t10-/m1/s1. The van der Waals surface area contributed by atoms with Crippen molar-refractivity contribution in [2.24, 2.45) is 0 Å². The SMILES string of the molecule is C[C@@H](NC(=O)c1ccoc1)C(=O)Nc1ccc(NS(C)(=O)=O)cc1. The molecule has 0 bridgehead atoms. The van der Waals surface area contributed by atoms with Crippen molar-refractivity contribution >= 4 is 33.2 Å². The van der Waals surface area contributed by atoms with Gasteiger partial charge >= 0.3 is 0 Å². The van der Waals surface area contributed by atoms with Gasteiger partial charge in [-0.25, -0.2) is 8.42 Å². The molecule has 3 N–H and O–H groups in total. The maximum absolute atomic E-state index is 12.1. The van der Waals surface area contributed by atoms with E-state index in [9.17, 15) is 18.0 Å². The zero-order chi connectivity index (χ0) is 17.7. The van der Waals surface area contributed by atoms with Gasteiger partial charge in [0.15, 0.2) is 0 Å². The second-order valence-corrected chi connectivity index (χ2v) is 6.90. The number of hydrogen-bond donors (Lipinski definition) is 3. The van der Waals surface area contributed by atoms with Gasteiger partial charge in [0.05, 0.1) is 18.1 Å². The molecule has 0 radical (unpaired) electrons. The first-order valence-corrected chi connectivity index (χ1v) is 8.85. The highest BCUT2D eigenvalue weighted by atomic mass is 32.2. The minimum Gasteiger partial charge on any atom is -0.472 e. The zero-order valence-corrected chi connectivity index (χ0v) is 13.9. The van der Waals surface area contributed by atoms with Gasteiger partial charge < -0.3 is 15.1 Å². The molecule has 24 heavy (non-hydrogen) atoms. The quantitative estimate of drug-likeness (QED) is 0.727. The van der Waals surface area contributed by atoms with E-state index in [0.717, 1.165) is 6.26 Å². The number of sulfonamides is 1. The van der Waals surface area contributed by atoms with Crippen LogP contribution in [0, 0.1) is 0 Å². The van der Waals surface area contributed by atoms with Gasteiger partial charge in [-0.2, -0.15) is 0 Å². The normalized spacial score (nSPS) is 12.2. The van der Waals surface area contributed by atoms with Crippen molar-refractivity contribution in [1.29, 1.82) is 0 Å². The molecule has 1 aromatic carbocycles. The van der Waals surface area contributed by atoms with Gasteiger partial charge in [-0.05, 0) is 37.3 Å². The monoisotopic (exact) mass is 351 g/mol. The first-order valence-electron chi connectivity index (χ1n) is 6.96. The third-order valence-corrected chi connectivity index (χ3v) is 3.59. The van der Waals surface area contributed by atoms with Crippen LogP contribution in [0.5, 0.6) is 0 Å². The first-order chi connectivity index (χ1) is 11.2. The lowest BCUT2D eigenvalue weighted by atomic mass is 10.2. The van der Waals surface area contributed by atoms with Crippen LogP contribution < -0.4 is 15.4 Å². The smallest absolute Gasteiger partial charge is 0.255 e. The summed E-state index contributed by atoms with van der Waals surface area (Å²) in [6.45, 7) is 1.55. The number of carbonyl (C=O) groups is 2. The van der Waals surface area contributed by atoms with Crippen LogP contribution in [0.4, 0.5) is 11.4 Å². The van der Waals surface area contributed by atoms with Gasteiger partial charge in [0, 0.05) is 11.4 Å². The lowest BCUT2D eigenvalue weighted by Gasteiger charge is -2.14. The molecule has 9 heteroatoms. The molecular weight excluding hydrogens is 334 g/mol. The summed E-state index contributed by atoms with van der Waals surface area (Å²) in [7, 11) is -3.35. The highest BCUT2D eigenvalue weighted by Crippen LogP contribution is 2.14. The Morgan fingerprint density at radius 3 is 2.25 bits per heavy atom. The fourth-order valence-electron chi connectivity index (χ4n) is 1.83. The molecule has 1 heterocycles. The molecule has 0 saturated carbocycles. The Morgan fingerprint density at radius 2 is 1.71 bits per heavy atom. The number of rotatable bonds is 6. The molecular formula is C15H17N3O5S. The second kappa shape index (κ2) is 7.18. The second-order valence-electron chi connectivity index (χ2n) is 5.15. The van der Waals surface area contributed by atoms with E-state index in [-0.39, 0.29) is 0 Å². The van der Waals surface area contributed by atoms with Crippen LogP contribution in [0.2, 0.25) is 0 Å². The van der Waals surface area contributed by atoms with Crippen molar-refractivity contribution in [3.05, 3.63) is 48.4 Å².